The SMILES string of the molecule is C=CCN1C(=O)[C@@]2(O[C@@H](CC(=O)N3Cc4ccccc4C[C@H]3CO)[C@H]([Si](C)(C)O)[C@H]2C)c2cc(N3CCNCC3=O)ccc21. The Balaban J connectivity index is 1.38. The van der Waals surface area contributed by atoms with Crippen molar-refractivity contribution in [3.05, 3.63) is 71.8 Å². The van der Waals surface area contributed by atoms with Crippen molar-refractivity contribution < 1.29 is 29.0 Å². The molecule has 0 radical (unpaired) electrons. The van der Waals surface area contributed by atoms with E-state index < -0.39 is 31.5 Å². The molecule has 0 aromatic heterocycles. The highest BCUT2D eigenvalue weighted by Gasteiger charge is 2.66. The van der Waals surface area contributed by atoms with Gasteiger partial charge in [0.05, 0.1) is 37.4 Å². The summed E-state index contributed by atoms with van der Waals surface area (Å²) in [6.45, 7) is 11.4. The summed E-state index contributed by atoms with van der Waals surface area (Å²) < 4.78 is 6.87. The summed E-state index contributed by atoms with van der Waals surface area (Å²) in [7, 11) is -3.00. The second-order valence-corrected chi connectivity index (χ2v) is 17.0. The van der Waals surface area contributed by atoms with Crippen LogP contribution in [0, 0.1) is 5.92 Å². The molecule has 6 rings (SSSR count). The van der Waals surface area contributed by atoms with Crippen molar-refractivity contribution in [2.24, 2.45) is 5.92 Å². The lowest BCUT2D eigenvalue weighted by Crippen LogP contribution is -2.48. The van der Waals surface area contributed by atoms with Gasteiger partial charge in [-0.15, -0.1) is 6.58 Å². The first-order valence-electron chi connectivity index (χ1n) is 15.5. The Kier molecular flexibility index (Phi) is 8.04. The minimum Gasteiger partial charge on any atom is -0.432 e. The molecule has 3 amide bonds. The number of benzene rings is 2. The van der Waals surface area contributed by atoms with E-state index in [1.165, 1.54) is 0 Å². The molecule has 2 aromatic carbocycles. The predicted octanol–water partition coefficient (Wildman–Crippen LogP) is 2.29. The number of rotatable bonds is 7. The van der Waals surface area contributed by atoms with Crippen LogP contribution in [-0.2, 0) is 37.7 Å². The number of hydrogen-bond donors (Lipinski definition) is 3. The lowest BCUT2D eigenvalue weighted by atomic mass is 9.82. The Hall–Kier alpha value is -3.35. The van der Waals surface area contributed by atoms with Gasteiger partial charge in [0.2, 0.25) is 11.8 Å². The minimum atomic E-state index is -3.00. The molecular weight excluding hydrogens is 576 g/mol. The number of nitrogens with one attached hydrogen (secondary N) is 1. The van der Waals surface area contributed by atoms with Gasteiger partial charge in [-0.3, -0.25) is 14.4 Å². The lowest BCUT2D eigenvalue weighted by molar-refractivity contribution is -0.150. The van der Waals surface area contributed by atoms with E-state index in [1.807, 2.05) is 62.5 Å². The largest absolute Gasteiger partial charge is 0.432 e. The molecular formula is C33H42N4O6Si. The number of aliphatic hydroxyl groups is 1. The maximum absolute atomic E-state index is 14.4. The van der Waals surface area contributed by atoms with Crippen LogP contribution in [0.15, 0.2) is 55.1 Å². The number of amides is 3. The fraction of sp³-hybridized carbons (Fsp3) is 0.485. The van der Waals surface area contributed by atoms with E-state index >= 15 is 0 Å². The summed E-state index contributed by atoms with van der Waals surface area (Å²) >= 11 is 0. The third-order valence-corrected chi connectivity index (χ3v) is 12.4. The zero-order valence-corrected chi connectivity index (χ0v) is 26.7. The summed E-state index contributed by atoms with van der Waals surface area (Å²) in [5.41, 5.74) is 2.33. The molecule has 4 aliphatic heterocycles. The first-order chi connectivity index (χ1) is 21.0. The van der Waals surface area contributed by atoms with Gasteiger partial charge >= 0.3 is 0 Å². The van der Waals surface area contributed by atoms with Crippen molar-refractivity contribution in [3.63, 3.8) is 0 Å². The fourth-order valence-electron chi connectivity index (χ4n) is 7.95. The van der Waals surface area contributed by atoms with Crippen LogP contribution in [0.4, 0.5) is 11.4 Å². The molecule has 10 nitrogen and oxygen atoms in total. The molecule has 2 saturated heterocycles. The number of nitrogens with zero attached hydrogens (tertiary/aromatic N) is 3. The predicted molar refractivity (Wildman–Crippen MR) is 170 cm³/mol. The Morgan fingerprint density at radius 1 is 1.20 bits per heavy atom. The third-order valence-electron chi connectivity index (χ3n) is 9.94. The second-order valence-electron chi connectivity index (χ2n) is 13.0. The van der Waals surface area contributed by atoms with Gasteiger partial charge in [-0.05, 0) is 48.8 Å². The van der Waals surface area contributed by atoms with Crippen LogP contribution in [0.1, 0.15) is 30.0 Å². The number of carbonyl (C=O) groups excluding carboxylic acids is 3. The smallest absolute Gasteiger partial charge is 0.264 e. The topological polar surface area (TPSA) is 123 Å². The maximum atomic E-state index is 14.4. The highest BCUT2D eigenvalue weighted by atomic mass is 28.4. The molecule has 2 aromatic rings. The summed E-state index contributed by atoms with van der Waals surface area (Å²) in [5.74, 6) is -0.922. The summed E-state index contributed by atoms with van der Waals surface area (Å²) in [6.07, 6.45) is 1.49. The molecule has 4 heterocycles. The van der Waals surface area contributed by atoms with Crippen LogP contribution in [-0.4, -0.2) is 85.8 Å². The van der Waals surface area contributed by atoms with Crippen LogP contribution in [0.2, 0.25) is 18.6 Å². The summed E-state index contributed by atoms with van der Waals surface area (Å²) in [4.78, 5) is 58.0. The van der Waals surface area contributed by atoms with Gasteiger partial charge in [-0.2, -0.15) is 0 Å². The number of carbonyl (C=O) groups is 3. The maximum Gasteiger partial charge on any atom is 0.264 e. The molecule has 0 bridgehead atoms. The molecule has 3 N–H and O–H groups in total. The zero-order valence-electron chi connectivity index (χ0n) is 25.7. The molecule has 4 aliphatic rings. The number of fused-ring (bicyclic) bond motifs is 3. The van der Waals surface area contributed by atoms with E-state index in [1.54, 1.807) is 20.8 Å². The van der Waals surface area contributed by atoms with Crippen LogP contribution in [0.3, 0.4) is 0 Å². The first-order valence-corrected chi connectivity index (χ1v) is 18.5. The Morgan fingerprint density at radius 2 is 1.95 bits per heavy atom. The zero-order chi connectivity index (χ0) is 31.4. The van der Waals surface area contributed by atoms with Crippen LogP contribution in [0.5, 0.6) is 0 Å². The lowest BCUT2D eigenvalue weighted by Gasteiger charge is -2.37. The van der Waals surface area contributed by atoms with Crippen LogP contribution in [0.25, 0.3) is 0 Å². The standard InChI is InChI=1S/C33H42N4O6Si/c1-5-13-36-27-11-10-24(35-14-12-34-18-30(35)40)16-26(27)33(32(36)41)21(2)31(44(3,4)42)28(43-33)17-29(39)37-19-23-9-7-6-8-22(23)15-25(37)20-38/h5-11,16,21,25,28,31,34,38,42H,1,12-15,17-20H2,2-4H3/t21-,25+,28+,31-,33+/m1/s1. The van der Waals surface area contributed by atoms with Crippen molar-refractivity contribution in [3.8, 4) is 0 Å². The van der Waals surface area contributed by atoms with Crippen molar-refractivity contribution in [1.82, 2.24) is 10.2 Å². The number of ether oxygens (including phenoxy) is 1. The normalized spacial score (nSPS) is 28.4. The quantitative estimate of drug-likeness (QED) is 0.322. The minimum absolute atomic E-state index is 0.0214. The molecule has 2 fully saturated rings. The van der Waals surface area contributed by atoms with E-state index in [-0.39, 0.29) is 49.9 Å². The fourth-order valence-corrected chi connectivity index (χ4v) is 10.5. The Morgan fingerprint density at radius 3 is 2.64 bits per heavy atom. The summed E-state index contributed by atoms with van der Waals surface area (Å²) in [6, 6.07) is 13.2. The van der Waals surface area contributed by atoms with Crippen LogP contribution < -0.4 is 15.1 Å². The van der Waals surface area contributed by atoms with Crippen molar-refractivity contribution in [1.29, 1.82) is 0 Å². The van der Waals surface area contributed by atoms with Crippen molar-refractivity contribution in [2.75, 3.05) is 42.6 Å². The van der Waals surface area contributed by atoms with E-state index in [9.17, 15) is 24.3 Å². The second kappa shape index (κ2) is 11.5. The van der Waals surface area contributed by atoms with Gasteiger partial charge < -0.3 is 34.7 Å². The molecule has 1 spiro atoms. The van der Waals surface area contributed by atoms with Gasteiger partial charge in [0.25, 0.3) is 5.91 Å². The van der Waals surface area contributed by atoms with Crippen molar-refractivity contribution in [2.45, 2.75) is 62.7 Å². The van der Waals surface area contributed by atoms with Gasteiger partial charge in [0.15, 0.2) is 13.9 Å². The number of aliphatic hydroxyl groups excluding tert-OH is 1. The number of piperazine rings is 1. The number of anilines is 2. The van der Waals surface area contributed by atoms with Gasteiger partial charge in [0.1, 0.15) is 0 Å². The Labute approximate surface area is 259 Å². The Bertz CT molecular complexity index is 1490. The average molecular weight is 619 g/mol. The molecule has 0 aliphatic carbocycles. The van der Waals surface area contributed by atoms with E-state index in [0.717, 1.165) is 11.1 Å². The van der Waals surface area contributed by atoms with Gasteiger partial charge in [-0.1, -0.05) is 37.3 Å². The highest BCUT2D eigenvalue weighted by Crippen LogP contribution is 2.60. The average Bonchev–Trinajstić information content (AvgIpc) is 3.42. The van der Waals surface area contributed by atoms with E-state index in [0.29, 0.717) is 43.0 Å². The highest BCUT2D eigenvalue weighted by molar-refractivity contribution is 6.71. The first kappa shape index (κ1) is 30.7. The number of hydrogen-bond acceptors (Lipinski definition) is 7. The molecule has 11 heteroatoms. The van der Waals surface area contributed by atoms with Crippen molar-refractivity contribution >= 4 is 37.4 Å². The molecule has 44 heavy (non-hydrogen) atoms. The van der Waals surface area contributed by atoms with Gasteiger partial charge in [0, 0.05) is 48.9 Å². The monoisotopic (exact) mass is 618 g/mol. The third kappa shape index (κ3) is 4.91. The van der Waals surface area contributed by atoms with E-state index in [2.05, 4.69) is 11.9 Å². The molecule has 5 atom stereocenters. The van der Waals surface area contributed by atoms with Crippen LogP contribution >= 0.6 is 0 Å². The molecule has 234 valence electrons. The molecule has 0 saturated carbocycles. The van der Waals surface area contributed by atoms with E-state index in [4.69, 9.17) is 4.74 Å². The van der Waals surface area contributed by atoms with Gasteiger partial charge in [-0.25, -0.2) is 0 Å². The molecule has 0 unspecified atom stereocenters. The summed E-state index contributed by atoms with van der Waals surface area (Å²) in [5, 5.41) is 13.3.